The fourth-order valence-corrected chi connectivity index (χ4v) is 8.39. The molecule has 0 unspecified atom stereocenters. The van der Waals surface area contributed by atoms with Gasteiger partial charge in [-0.3, -0.25) is 0 Å². The third-order valence-corrected chi connectivity index (χ3v) is 11.7. The van der Waals surface area contributed by atoms with Crippen LogP contribution in [-0.2, 0) is 34.8 Å². The summed E-state index contributed by atoms with van der Waals surface area (Å²) in [6.45, 7) is 13.6. The molecule has 5 heteroatoms. The van der Waals surface area contributed by atoms with E-state index in [0.29, 0.717) is 12.8 Å². The Balaban J connectivity index is -0.000000542. The van der Waals surface area contributed by atoms with Crippen molar-refractivity contribution in [1.29, 1.82) is 0 Å². The predicted molar refractivity (Wildman–Crippen MR) is 192 cm³/mol. The van der Waals surface area contributed by atoms with E-state index in [1.807, 2.05) is 0 Å². The summed E-state index contributed by atoms with van der Waals surface area (Å²) in [7, 11) is 0. The Hall–Kier alpha value is 0.579. The van der Waals surface area contributed by atoms with Crippen molar-refractivity contribution in [2.75, 3.05) is 0 Å². The first-order valence-corrected chi connectivity index (χ1v) is 22.6. The quantitative estimate of drug-likeness (QED) is 0.0458. The van der Waals surface area contributed by atoms with Gasteiger partial charge in [0.05, 0.1) is 0 Å². The summed E-state index contributed by atoms with van der Waals surface area (Å²) < 4.78 is 3.31. The SMILES string of the molecule is CC(C)CCCCCCC(=O)[S-].CC(C)CCCCCCC(=O)[S-].CCCCCCC[CH2][Sn+2][CH2]CCCCCCC. The van der Waals surface area contributed by atoms with Crippen LogP contribution in [0, 0.1) is 11.8 Å². The second-order valence-corrected chi connectivity index (χ2v) is 17.9. The Morgan fingerprint density at radius 2 is 0.756 bits per heavy atom. The average Bonchev–Trinajstić information content (AvgIpc) is 2.91. The molecule has 0 radical (unpaired) electrons. The van der Waals surface area contributed by atoms with E-state index in [2.05, 4.69) is 66.8 Å². The zero-order valence-electron chi connectivity index (χ0n) is 28.7. The van der Waals surface area contributed by atoms with Crippen LogP contribution in [-0.4, -0.2) is 31.4 Å². The van der Waals surface area contributed by atoms with Crippen LogP contribution in [0.2, 0.25) is 8.87 Å². The van der Waals surface area contributed by atoms with Gasteiger partial charge in [0.1, 0.15) is 0 Å². The maximum absolute atomic E-state index is 10.4. The second kappa shape index (κ2) is 40.6. The first-order chi connectivity index (χ1) is 19.7. The number of hydrogen-bond acceptors (Lipinski definition) is 4. The molecule has 0 aliphatic heterocycles. The van der Waals surface area contributed by atoms with Crippen LogP contribution >= 0.6 is 0 Å². The Morgan fingerprint density at radius 1 is 0.463 bits per heavy atom. The van der Waals surface area contributed by atoms with E-state index < -0.39 is 0 Å². The number of hydrogen-bond donors (Lipinski definition) is 0. The van der Waals surface area contributed by atoms with Gasteiger partial charge in [-0.25, -0.2) is 0 Å². The monoisotopic (exact) mass is 720 g/mol. The summed E-state index contributed by atoms with van der Waals surface area (Å²) in [5.41, 5.74) is 0. The van der Waals surface area contributed by atoms with Gasteiger partial charge < -0.3 is 34.8 Å². The standard InChI is InChI=1S/2C10H20OS.2C8H17.Sn/c2*1-9(2)7-5-3-4-6-8-10(11)12;2*1-3-5-7-8-6-4-2;/h2*9H,3-8H2,1-2H3,(H,11,12);2*1,3-8H2,2H3;/q;;;;+2/p-2. The van der Waals surface area contributed by atoms with Gasteiger partial charge in [-0.15, -0.1) is 0 Å². The minimum absolute atomic E-state index is 0.0736. The van der Waals surface area contributed by atoms with Crippen molar-refractivity contribution in [1.82, 2.24) is 0 Å². The second-order valence-electron chi connectivity index (χ2n) is 12.7. The molecule has 0 bridgehead atoms. The summed E-state index contributed by atoms with van der Waals surface area (Å²) in [5.74, 6) is 1.62. The van der Waals surface area contributed by atoms with Crippen LogP contribution in [0.4, 0.5) is 0 Å². The molecule has 0 aromatic carbocycles. The molecule has 0 atom stereocenters. The number of rotatable bonds is 28. The van der Waals surface area contributed by atoms with E-state index in [1.165, 1.54) is 103 Å². The van der Waals surface area contributed by atoms with Gasteiger partial charge in [-0.05, 0) is 37.5 Å². The van der Waals surface area contributed by atoms with Crippen molar-refractivity contribution < 1.29 is 9.59 Å². The van der Waals surface area contributed by atoms with Gasteiger partial charge in [0.2, 0.25) is 0 Å². The van der Waals surface area contributed by atoms with E-state index in [4.69, 9.17) is 0 Å². The van der Waals surface area contributed by atoms with Gasteiger partial charge in [-0.1, -0.05) is 79.1 Å². The molecule has 0 aliphatic rings. The summed E-state index contributed by atoms with van der Waals surface area (Å²) in [6, 6.07) is 0. The molecular formula is C36H72O2S2Sn. The molecule has 2 nitrogen and oxygen atoms in total. The molecule has 0 spiro atoms. The van der Waals surface area contributed by atoms with E-state index in [0.717, 1.165) is 37.5 Å². The minimum atomic E-state index is -0.0844. The summed E-state index contributed by atoms with van der Waals surface area (Å²) >= 11 is 8.99. The van der Waals surface area contributed by atoms with Crippen molar-refractivity contribution in [2.45, 2.75) is 205 Å². The van der Waals surface area contributed by atoms with Gasteiger partial charge in [-0.2, -0.15) is 0 Å². The topological polar surface area (TPSA) is 34.1 Å². The maximum atomic E-state index is 10.4. The number of carbonyl (C=O) groups excluding carboxylic acids is 2. The van der Waals surface area contributed by atoms with Gasteiger partial charge >= 0.3 is 121 Å². The van der Waals surface area contributed by atoms with Crippen molar-refractivity contribution in [3.05, 3.63) is 0 Å². The van der Waals surface area contributed by atoms with Crippen molar-refractivity contribution in [3.63, 3.8) is 0 Å². The molecule has 244 valence electrons. The average molecular weight is 720 g/mol. The first kappa shape index (κ1) is 46.0. The molecule has 0 fully saturated rings. The molecule has 0 heterocycles. The molecule has 0 aromatic heterocycles. The Kier molecular flexibility index (Phi) is 45.5. The van der Waals surface area contributed by atoms with Crippen LogP contribution < -0.4 is 0 Å². The third kappa shape index (κ3) is 56.9. The van der Waals surface area contributed by atoms with Crippen molar-refractivity contribution >= 4 is 56.6 Å². The molecule has 0 aliphatic carbocycles. The molecule has 0 saturated heterocycles. The van der Waals surface area contributed by atoms with E-state index in [-0.39, 0.29) is 31.4 Å². The van der Waals surface area contributed by atoms with Crippen LogP contribution in [0.25, 0.3) is 0 Å². The molecule has 0 rings (SSSR count). The van der Waals surface area contributed by atoms with Crippen molar-refractivity contribution in [3.8, 4) is 0 Å². The van der Waals surface area contributed by atoms with Gasteiger partial charge in [0.15, 0.2) is 0 Å². The zero-order chi connectivity index (χ0) is 31.4. The third-order valence-electron chi connectivity index (χ3n) is 7.24. The molecule has 0 aromatic rings. The summed E-state index contributed by atoms with van der Waals surface area (Å²) in [6.07, 6.45) is 31.0. The first-order valence-electron chi connectivity index (χ1n) is 17.8. The van der Waals surface area contributed by atoms with E-state index in [9.17, 15) is 9.59 Å². The fourth-order valence-electron chi connectivity index (χ4n) is 4.54. The summed E-state index contributed by atoms with van der Waals surface area (Å²) in [5, 5.41) is -0.169. The van der Waals surface area contributed by atoms with Crippen LogP contribution in [0.5, 0.6) is 0 Å². The zero-order valence-corrected chi connectivity index (χ0v) is 33.2. The van der Waals surface area contributed by atoms with Crippen LogP contribution in [0.1, 0.15) is 196 Å². The van der Waals surface area contributed by atoms with E-state index in [1.54, 1.807) is 21.7 Å². The normalized spacial score (nSPS) is 10.5. The molecule has 0 N–H and O–H groups in total. The van der Waals surface area contributed by atoms with Gasteiger partial charge in [0.25, 0.3) is 0 Å². The molecule has 0 saturated carbocycles. The van der Waals surface area contributed by atoms with Crippen LogP contribution in [0.15, 0.2) is 0 Å². The fraction of sp³-hybridized carbons (Fsp3) is 0.944. The van der Waals surface area contributed by atoms with Crippen molar-refractivity contribution in [2.24, 2.45) is 11.8 Å². The molecule has 41 heavy (non-hydrogen) atoms. The molecule has 0 amide bonds. The van der Waals surface area contributed by atoms with Crippen LogP contribution in [0.3, 0.4) is 0 Å². The Morgan fingerprint density at radius 3 is 1.07 bits per heavy atom. The molecular weight excluding hydrogens is 647 g/mol. The summed E-state index contributed by atoms with van der Waals surface area (Å²) in [4.78, 5) is 20.8. The Labute approximate surface area is 281 Å². The predicted octanol–water partition coefficient (Wildman–Crippen LogP) is 12.4. The number of carbonyl (C=O) groups is 2. The number of unbranched alkanes of at least 4 members (excludes halogenated alkanes) is 16. The van der Waals surface area contributed by atoms with E-state index >= 15 is 0 Å². The van der Waals surface area contributed by atoms with Gasteiger partial charge in [0, 0.05) is 10.2 Å². The Bertz CT molecular complexity index is 468.